The fraction of sp³-hybridized carbons (Fsp3) is 1.00. The summed E-state index contributed by atoms with van der Waals surface area (Å²) in [5.74, 6) is 0. The summed E-state index contributed by atoms with van der Waals surface area (Å²) >= 11 is 0. The quantitative estimate of drug-likeness (QED) is 0.701. The third kappa shape index (κ3) is 4.99. The average molecular weight is 284 g/mol. The molecular formula is C16H32N2O2. The Morgan fingerprint density at radius 3 is 2.75 bits per heavy atom. The van der Waals surface area contributed by atoms with Gasteiger partial charge in [-0.25, -0.2) is 0 Å². The lowest BCUT2D eigenvalue weighted by Crippen LogP contribution is -2.51. The van der Waals surface area contributed by atoms with Gasteiger partial charge in [-0.15, -0.1) is 0 Å². The molecule has 0 spiro atoms. The van der Waals surface area contributed by atoms with Crippen LogP contribution in [0.25, 0.3) is 0 Å². The van der Waals surface area contributed by atoms with Gasteiger partial charge in [0.2, 0.25) is 0 Å². The highest BCUT2D eigenvalue weighted by atomic mass is 16.5. The van der Waals surface area contributed by atoms with Crippen molar-refractivity contribution >= 4 is 0 Å². The third-order valence-electron chi connectivity index (χ3n) is 4.60. The Bertz CT molecular complexity index is 274. The molecule has 1 N–H and O–H groups in total. The SMILES string of the molecule is COCCN(CC1(CNC2CC2)CCCOC1)C(C)C. The highest BCUT2D eigenvalue weighted by Crippen LogP contribution is 2.31. The Kier molecular flexibility index (Phi) is 6.27. The predicted octanol–water partition coefficient (Wildman–Crippen LogP) is 1.89. The minimum Gasteiger partial charge on any atom is -0.383 e. The van der Waals surface area contributed by atoms with Crippen LogP contribution in [0, 0.1) is 5.41 Å². The van der Waals surface area contributed by atoms with Crippen molar-refractivity contribution in [1.82, 2.24) is 10.2 Å². The van der Waals surface area contributed by atoms with E-state index in [1.807, 2.05) is 0 Å². The normalized spacial score (nSPS) is 27.4. The van der Waals surface area contributed by atoms with Crippen LogP contribution in [-0.2, 0) is 9.47 Å². The molecule has 20 heavy (non-hydrogen) atoms. The standard InChI is InChI=1S/C16H32N2O2/c1-14(2)18(8-10-19-3)12-16(7-4-9-20-13-16)11-17-15-5-6-15/h14-15,17H,4-13H2,1-3H3. The van der Waals surface area contributed by atoms with E-state index in [1.54, 1.807) is 7.11 Å². The van der Waals surface area contributed by atoms with E-state index in [4.69, 9.17) is 9.47 Å². The molecule has 4 nitrogen and oxygen atoms in total. The van der Waals surface area contributed by atoms with Crippen LogP contribution in [0.3, 0.4) is 0 Å². The van der Waals surface area contributed by atoms with E-state index in [0.29, 0.717) is 11.5 Å². The summed E-state index contributed by atoms with van der Waals surface area (Å²) in [6.07, 6.45) is 5.19. The van der Waals surface area contributed by atoms with Gasteiger partial charge in [0.15, 0.2) is 0 Å². The molecule has 1 heterocycles. The summed E-state index contributed by atoms with van der Waals surface area (Å²) < 4.78 is 11.1. The van der Waals surface area contributed by atoms with Gasteiger partial charge >= 0.3 is 0 Å². The zero-order valence-electron chi connectivity index (χ0n) is 13.5. The Morgan fingerprint density at radius 1 is 1.40 bits per heavy atom. The van der Waals surface area contributed by atoms with Crippen LogP contribution >= 0.6 is 0 Å². The van der Waals surface area contributed by atoms with Gasteiger partial charge in [-0.05, 0) is 39.5 Å². The lowest BCUT2D eigenvalue weighted by Gasteiger charge is -2.42. The molecule has 1 aliphatic carbocycles. The maximum Gasteiger partial charge on any atom is 0.0589 e. The Balaban J connectivity index is 1.92. The molecule has 1 aliphatic heterocycles. The van der Waals surface area contributed by atoms with Crippen LogP contribution < -0.4 is 5.32 Å². The molecule has 0 bridgehead atoms. The van der Waals surface area contributed by atoms with Gasteiger partial charge in [0.05, 0.1) is 13.2 Å². The second kappa shape index (κ2) is 7.74. The van der Waals surface area contributed by atoms with Crippen LogP contribution in [0.4, 0.5) is 0 Å². The number of methoxy groups -OCH3 is 1. The molecule has 1 atom stereocenters. The lowest BCUT2D eigenvalue weighted by molar-refractivity contribution is -0.0341. The minimum absolute atomic E-state index is 0.291. The summed E-state index contributed by atoms with van der Waals surface area (Å²) in [7, 11) is 1.78. The number of nitrogens with one attached hydrogen (secondary N) is 1. The molecule has 2 rings (SSSR count). The van der Waals surface area contributed by atoms with E-state index in [2.05, 4.69) is 24.1 Å². The molecule has 2 aliphatic rings. The Morgan fingerprint density at radius 2 is 2.20 bits per heavy atom. The number of hydrogen-bond acceptors (Lipinski definition) is 4. The van der Waals surface area contributed by atoms with E-state index in [9.17, 15) is 0 Å². The van der Waals surface area contributed by atoms with E-state index in [-0.39, 0.29) is 0 Å². The first-order chi connectivity index (χ1) is 9.65. The molecule has 1 unspecified atom stereocenters. The summed E-state index contributed by atoms with van der Waals surface area (Å²) in [5, 5.41) is 3.73. The number of rotatable bonds is 9. The van der Waals surface area contributed by atoms with Crippen molar-refractivity contribution < 1.29 is 9.47 Å². The number of ether oxygens (including phenoxy) is 2. The smallest absolute Gasteiger partial charge is 0.0589 e. The summed E-state index contributed by atoms with van der Waals surface area (Å²) in [6.45, 7) is 10.4. The lowest BCUT2D eigenvalue weighted by atomic mass is 9.81. The maximum absolute atomic E-state index is 5.83. The van der Waals surface area contributed by atoms with Crippen molar-refractivity contribution in [1.29, 1.82) is 0 Å². The fourth-order valence-corrected chi connectivity index (χ4v) is 3.04. The molecule has 1 saturated carbocycles. The number of hydrogen-bond donors (Lipinski definition) is 1. The number of nitrogens with zero attached hydrogens (tertiary/aromatic N) is 1. The molecule has 118 valence electrons. The van der Waals surface area contributed by atoms with Crippen LogP contribution in [-0.4, -0.2) is 63.5 Å². The highest BCUT2D eigenvalue weighted by Gasteiger charge is 2.36. The van der Waals surface area contributed by atoms with E-state index in [1.165, 1.54) is 25.7 Å². The van der Waals surface area contributed by atoms with Crippen molar-refractivity contribution in [2.24, 2.45) is 5.41 Å². The molecule has 4 heteroatoms. The zero-order valence-corrected chi connectivity index (χ0v) is 13.5. The van der Waals surface area contributed by atoms with Crippen molar-refractivity contribution in [3.8, 4) is 0 Å². The highest BCUT2D eigenvalue weighted by molar-refractivity contribution is 4.91. The Hall–Kier alpha value is -0.160. The topological polar surface area (TPSA) is 33.7 Å². The van der Waals surface area contributed by atoms with Crippen molar-refractivity contribution in [2.45, 2.75) is 51.6 Å². The molecule has 0 aromatic rings. The second-order valence-electron chi connectivity index (χ2n) is 6.87. The average Bonchev–Trinajstić information content (AvgIpc) is 3.26. The van der Waals surface area contributed by atoms with Gasteiger partial charge in [-0.1, -0.05) is 0 Å². The van der Waals surface area contributed by atoms with Gasteiger partial charge in [0, 0.05) is 50.8 Å². The van der Waals surface area contributed by atoms with Crippen molar-refractivity contribution in [3.05, 3.63) is 0 Å². The summed E-state index contributed by atoms with van der Waals surface area (Å²) in [5.41, 5.74) is 0.291. The first kappa shape index (κ1) is 16.2. The van der Waals surface area contributed by atoms with Crippen LogP contribution in [0.5, 0.6) is 0 Å². The summed E-state index contributed by atoms with van der Waals surface area (Å²) in [4.78, 5) is 2.55. The maximum atomic E-state index is 5.83. The van der Waals surface area contributed by atoms with E-state index < -0.39 is 0 Å². The second-order valence-corrected chi connectivity index (χ2v) is 6.87. The van der Waals surface area contributed by atoms with Gasteiger partial charge in [-0.2, -0.15) is 0 Å². The molecular weight excluding hydrogens is 252 g/mol. The largest absolute Gasteiger partial charge is 0.383 e. The molecule has 2 fully saturated rings. The van der Waals surface area contributed by atoms with Gasteiger partial charge in [0.25, 0.3) is 0 Å². The van der Waals surface area contributed by atoms with Crippen LogP contribution in [0.1, 0.15) is 39.5 Å². The first-order valence-corrected chi connectivity index (χ1v) is 8.19. The van der Waals surface area contributed by atoms with Gasteiger partial charge in [0.1, 0.15) is 0 Å². The minimum atomic E-state index is 0.291. The zero-order chi connectivity index (χ0) is 14.4. The van der Waals surface area contributed by atoms with Crippen LogP contribution in [0.2, 0.25) is 0 Å². The third-order valence-corrected chi connectivity index (χ3v) is 4.60. The molecule has 0 aromatic heterocycles. The van der Waals surface area contributed by atoms with E-state index >= 15 is 0 Å². The van der Waals surface area contributed by atoms with Gasteiger partial charge in [-0.3, -0.25) is 4.90 Å². The van der Waals surface area contributed by atoms with Crippen molar-refractivity contribution in [2.75, 3.05) is 46.6 Å². The molecule has 0 radical (unpaired) electrons. The molecule has 0 amide bonds. The van der Waals surface area contributed by atoms with Crippen LogP contribution in [0.15, 0.2) is 0 Å². The molecule has 0 aromatic carbocycles. The summed E-state index contributed by atoms with van der Waals surface area (Å²) in [6, 6.07) is 1.34. The Labute approximate surface area is 124 Å². The van der Waals surface area contributed by atoms with E-state index in [0.717, 1.165) is 45.5 Å². The van der Waals surface area contributed by atoms with Gasteiger partial charge < -0.3 is 14.8 Å². The first-order valence-electron chi connectivity index (χ1n) is 8.19. The fourth-order valence-electron chi connectivity index (χ4n) is 3.04. The monoisotopic (exact) mass is 284 g/mol. The predicted molar refractivity (Wildman–Crippen MR) is 82.1 cm³/mol. The molecule has 1 saturated heterocycles. The van der Waals surface area contributed by atoms with Crippen molar-refractivity contribution in [3.63, 3.8) is 0 Å².